The van der Waals surface area contributed by atoms with E-state index in [0.717, 1.165) is 0 Å². The molecule has 0 amide bonds. The first-order valence-corrected chi connectivity index (χ1v) is 4.81. The van der Waals surface area contributed by atoms with Crippen molar-refractivity contribution in [3.05, 3.63) is 35.4 Å². The fourth-order valence-electron chi connectivity index (χ4n) is 2.10. The van der Waals surface area contributed by atoms with Gasteiger partial charge in [0, 0.05) is 0 Å². The molecule has 2 N–H and O–H groups in total. The SMILES string of the molecule is O=C(O)C(F)(F)C1(O)CCc2ccccc21. The van der Waals surface area contributed by atoms with Gasteiger partial charge in [-0.3, -0.25) is 0 Å². The highest BCUT2D eigenvalue weighted by atomic mass is 19.3. The lowest BCUT2D eigenvalue weighted by molar-refractivity contribution is -0.211. The number of aryl methyl sites for hydroxylation is 1. The molecular formula is C11H10F2O3. The van der Waals surface area contributed by atoms with Gasteiger partial charge in [-0.05, 0) is 24.0 Å². The first-order chi connectivity index (χ1) is 7.39. The zero-order valence-electron chi connectivity index (χ0n) is 8.28. The van der Waals surface area contributed by atoms with Gasteiger partial charge in [-0.15, -0.1) is 0 Å². The zero-order chi connectivity index (χ0) is 12.0. The third-order valence-electron chi connectivity index (χ3n) is 3.01. The summed E-state index contributed by atoms with van der Waals surface area (Å²) in [7, 11) is 0. The number of rotatable bonds is 2. The van der Waals surface area contributed by atoms with E-state index in [1.807, 2.05) is 0 Å². The molecule has 0 radical (unpaired) electrons. The predicted molar refractivity (Wildman–Crippen MR) is 51.2 cm³/mol. The molecule has 1 aliphatic carbocycles. The van der Waals surface area contributed by atoms with Crippen LogP contribution in [0.4, 0.5) is 8.78 Å². The van der Waals surface area contributed by atoms with Gasteiger partial charge in [-0.25, -0.2) is 4.79 Å². The van der Waals surface area contributed by atoms with E-state index in [-0.39, 0.29) is 18.4 Å². The van der Waals surface area contributed by atoms with Crippen LogP contribution in [0.25, 0.3) is 0 Å². The summed E-state index contributed by atoms with van der Waals surface area (Å²) in [6.07, 6.45) is -0.0127. The molecular weight excluding hydrogens is 218 g/mol. The average Bonchev–Trinajstić information content (AvgIpc) is 2.59. The number of carboxylic acid groups (broad SMARTS) is 1. The molecule has 2 rings (SSSR count). The zero-order valence-corrected chi connectivity index (χ0v) is 8.28. The van der Waals surface area contributed by atoms with Gasteiger partial charge in [0.05, 0.1) is 0 Å². The Morgan fingerprint density at radius 3 is 2.62 bits per heavy atom. The smallest absolute Gasteiger partial charge is 0.378 e. The van der Waals surface area contributed by atoms with Crippen LogP contribution in [0.15, 0.2) is 24.3 Å². The minimum Gasteiger partial charge on any atom is -0.477 e. The maximum absolute atomic E-state index is 13.5. The number of hydrogen-bond donors (Lipinski definition) is 2. The van der Waals surface area contributed by atoms with Crippen LogP contribution in [0.5, 0.6) is 0 Å². The Bertz CT molecular complexity index is 445. The second-order valence-electron chi connectivity index (χ2n) is 3.90. The molecule has 0 aliphatic heterocycles. The van der Waals surface area contributed by atoms with E-state index in [1.165, 1.54) is 12.1 Å². The van der Waals surface area contributed by atoms with Crippen LogP contribution in [0, 0.1) is 0 Å². The average molecular weight is 228 g/mol. The molecule has 0 spiro atoms. The molecule has 0 aromatic heterocycles. The summed E-state index contributed by atoms with van der Waals surface area (Å²) >= 11 is 0. The summed E-state index contributed by atoms with van der Waals surface area (Å²) in [6, 6.07) is 6.14. The van der Waals surface area contributed by atoms with Crippen molar-refractivity contribution >= 4 is 5.97 Å². The molecule has 3 nitrogen and oxygen atoms in total. The van der Waals surface area contributed by atoms with Crippen molar-refractivity contribution in [2.24, 2.45) is 0 Å². The highest BCUT2D eigenvalue weighted by molar-refractivity contribution is 5.78. The molecule has 1 unspecified atom stereocenters. The van der Waals surface area contributed by atoms with Gasteiger partial charge >= 0.3 is 11.9 Å². The van der Waals surface area contributed by atoms with Gasteiger partial charge in [-0.2, -0.15) is 8.78 Å². The van der Waals surface area contributed by atoms with Crippen LogP contribution in [0.1, 0.15) is 17.5 Å². The Labute approximate surface area is 90.3 Å². The number of fused-ring (bicyclic) bond motifs is 1. The van der Waals surface area contributed by atoms with Crippen molar-refractivity contribution in [3.63, 3.8) is 0 Å². The quantitative estimate of drug-likeness (QED) is 0.807. The molecule has 0 bridgehead atoms. The van der Waals surface area contributed by atoms with E-state index in [9.17, 15) is 18.7 Å². The van der Waals surface area contributed by atoms with Crippen molar-refractivity contribution in [2.45, 2.75) is 24.4 Å². The molecule has 86 valence electrons. The number of carbonyl (C=O) groups is 1. The molecule has 0 saturated heterocycles. The molecule has 0 saturated carbocycles. The van der Waals surface area contributed by atoms with E-state index in [0.29, 0.717) is 5.56 Å². The van der Waals surface area contributed by atoms with Crippen molar-refractivity contribution in [1.29, 1.82) is 0 Å². The number of hydrogen-bond acceptors (Lipinski definition) is 2. The Kier molecular flexibility index (Phi) is 2.24. The minimum atomic E-state index is -4.17. The normalized spacial score (nSPS) is 24.2. The summed E-state index contributed by atoms with van der Waals surface area (Å²) in [4.78, 5) is 10.5. The topological polar surface area (TPSA) is 57.5 Å². The van der Waals surface area contributed by atoms with Crippen molar-refractivity contribution < 1.29 is 23.8 Å². The maximum Gasteiger partial charge on any atom is 0.378 e. The van der Waals surface area contributed by atoms with E-state index in [2.05, 4.69) is 0 Å². The monoisotopic (exact) mass is 228 g/mol. The second-order valence-corrected chi connectivity index (χ2v) is 3.90. The van der Waals surface area contributed by atoms with Crippen molar-refractivity contribution in [3.8, 4) is 0 Å². The van der Waals surface area contributed by atoms with Gasteiger partial charge in [0.15, 0.2) is 5.60 Å². The van der Waals surface area contributed by atoms with Gasteiger partial charge in [0.1, 0.15) is 0 Å². The summed E-state index contributed by atoms with van der Waals surface area (Å²) in [5, 5.41) is 18.4. The van der Waals surface area contributed by atoms with E-state index < -0.39 is 17.5 Å². The van der Waals surface area contributed by atoms with Crippen LogP contribution in [0.3, 0.4) is 0 Å². The lowest BCUT2D eigenvalue weighted by Gasteiger charge is -2.29. The van der Waals surface area contributed by atoms with Gasteiger partial charge in [0.2, 0.25) is 0 Å². The summed E-state index contributed by atoms with van der Waals surface area (Å²) in [6.45, 7) is 0. The molecule has 1 aromatic rings. The summed E-state index contributed by atoms with van der Waals surface area (Å²) < 4.78 is 26.9. The summed E-state index contributed by atoms with van der Waals surface area (Å²) in [5.74, 6) is -6.47. The largest absolute Gasteiger partial charge is 0.477 e. The Hall–Kier alpha value is -1.49. The lowest BCUT2D eigenvalue weighted by atomic mass is 9.89. The third-order valence-corrected chi connectivity index (χ3v) is 3.01. The van der Waals surface area contributed by atoms with Crippen LogP contribution < -0.4 is 0 Å². The van der Waals surface area contributed by atoms with Crippen LogP contribution >= 0.6 is 0 Å². The van der Waals surface area contributed by atoms with Gasteiger partial charge in [0.25, 0.3) is 0 Å². The number of alkyl halides is 2. The van der Waals surface area contributed by atoms with Gasteiger partial charge in [-0.1, -0.05) is 24.3 Å². The predicted octanol–water partition coefficient (Wildman–Crippen LogP) is 1.54. The fraction of sp³-hybridized carbons (Fsp3) is 0.364. The Morgan fingerprint density at radius 1 is 1.38 bits per heavy atom. The van der Waals surface area contributed by atoms with Crippen LogP contribution in [0.2, 0.25) is 0 Å². The Morgan fingerprint density at radius 2 is 2.00 bits per heavy atom. The maximum atomic E-state index is 13.5. The number of carboxylic acids is 1. The highest BCUT2D eigenvalue weighted by Crippen LogP contribution is 2.47. The minimum absolute atomic E-state index is 0.0161. The summed E-state index contributed by atoms with van der Waals surface area (Å²) in [5.41, 5.74) is -2.00. The molecule has 0 heterocycles. The lowest BCUT2D eigenvalue weighted by Crippen LogP contribution is -2.49. The van der Waals surface area contributed by atoms with Crippen LogP contribution in [-0.4, -0.2) is 22.1 Å². The number of aliphatic hydroxyl groups is 1. The molecule has 1 aliphatic rings. The van der Waals surface area contributed by atoms with E-state index in [4.69, 9.17) is 5.11 Å². The first-order valence-electron chi connectivity index (χ1n) is 4.81. The van der Waals surface area contributed by atoms with Crippen LogP contribution in [-0.2, 0) is 16.8 Å². The standard InChI is InChI=1S/C11H10F2O3/c12-11(13,9(14)15)10(16)6-5-7-3-1-2-4-8(7)10/h1-4,16H,5-6H2,(H,14,15). The third kappa shape index (κ3) is 1.24. The molecule has 0 fully saturated rings. The number of aliphatic carboxylic acids is 1. The van der Waals surface area contributed by atoms with Crippen molar-refractivity contribution in [2.75, 3.05) is 0 Å². The van der Waals surface area contributed by atoms with E-state index in [1.54, 1.807) is 12.1 Å². The fourth-order valence-corrected chi connectivity index (χ4v) is 2.10. The number of benzene rings is 1. The molecule has 1 atom stereocenters. The second kappa shape index (κ2) is 3.25. The molecule has 1 aromatic carbocycles. The Balaban J connectivity index is 2.54. The first kappa shape index (κ1) is 11.0. The van der Waals surface area contributed by atoms with Gasteiger partial charge < -0.3 is 10.2 Å². The highest BCUT2D eigenvalue weighted by Gasteiger charge is 2.61. The van der Waals surface area contributed by atoms with E-state index >= 15 is 0 Å². The molecule has 16 heavy (non-hydrogen) atoms. The van der Waals surface area contributed by atoms with Crippen molar-refractivity contribution in [1.82, 2.24) is 0 Å². The number of halogens is 2. The molecule has 5 heteroatoms.